The predicted octanol–water partition coefficient (Wildman–Crippen LogP) is 1.36. The fourth-order valence-electron chi connectivity index (χ4n) is 2.44. The molecular weight excluding hydrogens is 271 g/mol. The summed E-state index contributed by atoms with van der Waals surface area (Å²) < 4.78 is 13.2. The lowest BCUT2D eigenvalue weighted by atomic mass is 10.00. The lowest BCUT2D eigenvalue weighted by Gasteiger charge is -2.33. The maximum absolute atomic E-state index is 13.2. The maximum Gasteiger partial charge on any atom is 0.338 e. The molecule has 0 unspecified atom stereocenters. The molecule has 19 heavy (non-hydrogen) atoms. The monoisotopic (exact) mass is 286 g/mol. The number of amides is 2. The van der Waals surface area contributed by atoms with Crippen LogP contribution in [0.4, 0.5) is 14.9 Å². The molecule has 0 radical (unpaired) electrons. The number of carbonyl (C=O) groups is 1. The molecule has 1 spiro atoms. The number of rotatable bonds is 1. The van der Waals surface area contributed by atoms with E-state index in [1.165, 1.54) is 17.1 Å². The zero-order chi connectivity index (χ0) is 12.6. The van der Waals surface area contributed by atoms with Crippen LogP contribution >= 0.6 is 12.4 Å². The van der Waals surface area contributed by atoms with Crippen LogP contribution in [0.15, 0.2) is 24.3 Å². The average Bonchev–Trinajstić information content (AvgIpc) is 2.67. The average molecular weight is 287 g/mol. The van der Waals surface area contributed by atoms with E-state index >= 15 is 0 Å². The summed E-state index contributed by atoms with van der Waals surface area (Å²) in [6.07, 6.45) is 1.62. The van der Waals surface area contributed by atoms with Gasteiger partial charge in [0.1, 0.15) is 11.5 Å². The lowest BCUT2D eigenvalue weighted by molar-refractivity contribution is 0.229. The molecule has 2 heterocycles. The Morgan fingerprint density at radius 3 is 2.68 bits per heavy atom. The Balaban J connectivity index is 0.00000133. The fourth-order valence-corrected chi connectivity index (χ4v) is 2.44. The van der Waals surface area contributed by atoms with Crippen molar-refractivity contribution in [2.75, 3.05) is 18.1 Å². The molecule has 0 aromatic heterocycles. The summed E-state index contributed by atoms with van der Waals surface area (Å²) in [5, 5.41) is 7.58. The van der Waals surface area contributed by atoms with Gasteiger partial charge in [0.25, 0.3) is 0 Å². The number of nitrogens with one attached hydrogen (secondary N) is 3. The van der Waals surface area contributed by atoms with E-state index in [0.717, 1.165) is 25.9 Å². The Hall–Kier alpha value is -1.37. The minimum absolute atomic E-state index is 0. The van der Waals surface area contributed by atoms with E-state index in [1.807, 2.05) is 0 Å². The molecule has 0 bridgehead atoms. The summed E-state index contributed by atoms with van der Waals surface area (Å²) in [6.45, 7) is 1.70. The minimum Gasteiger partial charge on any atom is -0.317 e. The van der Waals surface area contributed by atoms with Gasteiger partial charge in [0.05, 0.1) is 5.69 Å². The van der Waals surface area contributed by atoms with Crippen molar-refractivity contribution in [3.63, 3.8) is 0 Å². The number of hydrazine groups is 1. The molecule has 7 heteroatoms. The van der Waals surface area contributed by atoms with E-state index in [-0.39, 0.29) is 24.3 Å². The van der Waals surface area contributed by atoms with E-state index in [1.54, 1.807) is 12.1 Å². The number of hydrogen-bond donors (Lipinski definition) is 3. The van der Waals surface area contributed by atoms with E-state index in [2.05, 4.69) is 16.1 Å². The SMILES string of the molecule is Cl.O=C1NC2(CCNCC2)NN1c1cccc(F)c1. The van der Waals surface area contributed by atoms with Crippen LogP contribution in [0.1, 0.15) is 12.8 Å². The summed E-state index contributed by atoms with van der Waals surface area (Å²) in [5.41, 5.74) is 3.29. The van der Waals surface area contributed by atoms with Crippen LogP contribution in [0, 0.1) is 5.82 Å². The Labute approximate surface area is 116 Å². The largest absolute Gasteiger partial charge is 0.338 e. The summed E-state index contributed by atoms with van der Waals surface area (Å²) >= 11 is 0. The first kappa shape index (κ1) is 14.0. The van der Waals surface area contributed by atoms with E-state index in [4.69, 9.17) is 0 Å². The van der Waals surface area contributed by atoms with Crippen LogP contribution in [0.2, 0.25) is 0 Å². The van der Waals surface area contributed by atoms with Crippen LogP contribution in [0.3, 0.4) is 0 Å². The summed E-state index contributed by atoms with van der Waals surface area (Å²) in [4.78, 5) is 12.0. The van der Waals surface area contributed by atoms with E-state index in [9.17, 15) is 9.18 Å². The molecule has 2 saturated heterocycles. The first-order valence-electron chi connectivity index (χ1n) is 6.05. The Morgan fingerprint density at radius 1 is 1.26 bits per heavy atom. The second kappa shape index (κ2) is 5.32. The molecular formula is C12H16ClFN4O. The first-order chi connectivity index (χ1) is 8.69. The summed E-state index contributed by atoms with van der Waals surface area (Å²) in [6, 6.07) is 5.76. The van der Waals surface area contributed by atoms with Gasteiger partial charge in [-0.2, -0.15) is 0 Å². The molecule has 2 aliphatic rings. The predicted molar refractivity (Wildman–Crippen MR) is 72.6 cm³/mol. The topological polar surface area (TPSA) is 56.4 Å². The molecule has 0 saturated carbocycles. The first-order valence-corrected chi connectivity index (χ1v) is 6.05. The molecule has 5 nitrogen and oxygen atoms in total. The number of benzene rings is 1. The molecule has 0 atom stereocenters. The van der Waals surface area contributed by atoms with Gasteiger partial charge in [-0.15, -0.1) is 12.4 Å². The number of anilines is 1. The zero-order valence-electron chi connectivity index (χ0n) is 10.3. The van der Waals surface area contributed by atoms with Gasteiger partial charge in [0.2, 0.25) is 0 Å². The number of hydrogen-bond acceptors (Lipinski definition) is 3. The molecule has 3 rings (SSSR count). The smallest absolute Gasteiger partial charge is 0.317 e. The number of carbonyl (C=O) groups excluding carboxylic acids is 1. The van der Waals surface area contributed by atoms with Crippen molar-refractivity contribution in [1.82, 2.24) is 16.1 Å². The molecule has 2 fully saturated rings. The van der Waals surface area contributed by atoms with Gasteiger partial charge in [0.15, 0.2) is 0 Å². The van der Waals surface area contributed by atoms with Gasteiger partial charge >= 0.3 is 6.03 Å². The van der Waals surface area contributed by atoms with Gasteiger partial charge in [-0.25, -0.2) is 19.6 Å². The number of piperidine rings is 1. The second-order valence-electron chi connectivity index (χ2n) is 4.69. The normalized spacial score (nSPS) is 21.1. The van der Waals surface area contributed by atoms with Crippen LogP contribution < -0.4 is 21.1 Å². The highest BCUT2D eigenvalue weighted by Crippen LogP contribution is 2.25. The maximum atomic E-state index is 13.2. The van der Waals surface area contributed by atoms with E-state index in [0.29, 0.717) is 5.69 Å². The van der Waals surface area contributed by atoms with Crippen molar-refractivity contribution in [2.45, 2.75) is 18.5 Å². The molecule has 0 aliphatic carbocycles. The van der Waals surface area contributed by atoms with Crippen molar-refractivity contribution >= 4 is 24.1 Å². The van der Waals surface area contributed by atoms with Gasteiger partial charge in [0, 0.05) is 0 Å². The highest BCUT2D eigenvalue weighted by atomic mass is 35.5. The fraction of sp³-hybridized carbons (Fsp3) is 0.417. The van der Waals surface area contributed by atoms with Crippen molar-refractivity contribution < 1.29 is 9.18 Å². The van der Waals surface area contributed by atoms with Crippen LogP contribution in [-0.2, 0) is 0 Å². The highest BCUT2D eigenvalue weighted by molar-refractivity contribution is 5.93. The van der Waals surface area contributed by atoms with Gasteiger partial charge in [-0.05, 0) is 44.1 Å². The molecule has 3 N–H and O–H groups in total. The Kier molecular flexibility index (Phi) is 3.93. The molecule has 1 aromatic rings. The molecule has 1 aromatic carbocycles. The minimum atomic E-state index is -0.394. The van der Waals surface area contributed by atoms with Crippen molar-refractivity contribution in [3.8, 4) is 0 Å². The van der Waals surface area contributed by atoms with Crippen molar-refractivity contribution in [2.24, 2.45) is 0 Å². The third kappa shape index (κ3) is 2.65. The number of urea groups is 1. The van der Waals surface area contributed by atoms with Crippen molar-refractivity contribution in [1.29, 1.82) is 0 Å². The molecule has 104 valence electrons. The van der Waals surface area contributed by atoms with E-state index < -0.39 is 5.66 Å². The highest BCUT2D eigenvalue weighted by Gasteiger charge is 2.43. The lowest BCUT2D eigenvalue weighted by Crippen LogP contribution is -2.57. The van der Waals surface area contributed by atoms with Gasteiger partial charge in [-0.3, -0.25) is 0 Å². The van der Waals surface area contributed by atoms with Gasteiger partial charge < -0.3 is 10.6 Å². The summed E-state index contributed by atoms with van der Waals surface area (Å²) in [5.74, 6) is -0.353. The van der Waals surface area contributed by atoms with Gasteiger partial charge in [-0.1, -0.05) is 6.07 Å². The zero-order valence-corrected chi connectivity index (χ0v) is 11.1. The standard InChI is InChI=1S/C12H15FN4O.ClH/c13-9-2-1-3-10(8-9)17-11(18)15-12(16-17)4-6-14-7-5-12;/h1-3,8,14,16H,4-7H2,(H,15,18);1H. The van der Waals surface area contributed by atoms with Crippen LogP contribution in [-0.4, -0.2) is 24.8 Å². The molecule has 2 aliphatic heterocycles. The third-order valence-electron chi connectivity index (χ3n) is 3.40. The second-order valence-corrected chi connectivity index (χ2v) is 4.69. The number of halogens is 2. The van der Waals surface area contributed by atoms with Crippen LogP contribution in [0.5, 0.6) is 0 Å². The molecule has 2 amide bonds. The Bertz CT molecular complexity index is 479. The number of nitrogens with zero attached hydrogens (tertiary/aromatic N) is 1. The third-order valence-corrected chi connectivity index (χ3v) is 3.40. The van der Waals surface area contributed by atoms with Crippen LogP contribution in [0.25, 0.3) is 0 Å². The quantitative estimate of drug-likeness (QED) is 0.731. The van der Waals surface area contributed by atoms with Crippen molar-refractivity contribution in [3.05, 3.63) is 30.1 Å². The summed E-state index contributed by atoms with van der Waals surface area (Å²) in [7, 11) is 0. The Morgan fingerprint density at radius 2 is 2.00 bits per heavy atom.